The van der Waals surface area contributed by atoms with E-state index in [1.54, 1.807) is 6.92 Å². The van der Waals surface area contributed by atoms with E-state index in [1.807, 2.05) is 0 Å². The second-order valence-electron chi connectivity index (χ2n) is 1.55. The van der Waals surface area contributed by atoms with Crippen LogP contribution in [0.3, 0.4) is 0 Å². The van der Waals surface area contributed by atoms with Gasteiger partial charge in [0.1, 0.15) is 0 Å². The largest absolute Gasteiger partial charge is 1.00 e. The predicted molar refractivity (Wildman–Crippen MR) is 31.0 cm³/mol. The zero-order valence-corrected chi connectivity index (χ0v) is 8.48. The third-order valence-corrected chi connectivity index (χ3v) is 2.05. The molecule has 0 rings (SSSR count). The van der Waals surface area contributed by atoms with E-state index < -0.39 is 15.4 Å². The first-order chi connectivity index (χ1) is 3.48. The standard InChI is InChI=1S/C4H9O3S.Na/c1-3-4(2)8(5,6)7;/h4H,2-3H2,1H3,(H,5,6,7);/q-1;+1. The summed E-state index contributed by atoms with van der Waals surface area (Å²) in [5.41, 5.74) is 0. The molecule has 0 aromatic carbocycles. The second-order valence-corrected chi connectivity index (χ2v) is 3.24. The predicted octanol–water partition coefficient (Wildman–Crippen LogP) is -2.51. The molecule has 0 saturated heterocycles. The summed E-state index contributed by atoms with van der Waals surface area (Å²) >= 11 is 0. The van der Waals surface area contributed by atoms with Crippen molar-refractivity contribution in [3.05, 3.63) is 6.92 Å². The Hall–Kier alpha value is 0.910. The van der Waals surface area contributed by atoms with Crippen LogP contribution in [0.1, 0.15) is 13.3 Å². The Morgan fingerprint density at radius 3 is 2.00 bits per heavy atom. The van der Waals surface area contributed by atoms with Crippen molar-refractivity contribution in [1.82, 2.24) is 0 Å². The fraction of sp³-hybridized carbons (Fsp3) is 0.750. The smallest absolute Gasteiger partial charge is 0.323 e. The van der Waals surface area contributed by atoms with Crippen molar-refractivity contribution in [1.29, 1.82) is 0 Å². The summed E-state index contributed by atoms with van der Waals surface area (Å²) in [6.07, 6.45) is 0.346. The maximum absolute atomic E-state index is 10.1. The molecular formula is C4H9NaO3S. The van der Waals surface area contributed by atoms with Gasteiger partial charge < -0.3 is 6.92 Å². The van der Waals surface area contributed by atoms with Gasteiger partial charge in [0.2, 0.25) is 10.1 Å². The van der Waals surface area contributed by atoms with Crippen LogP contribution in [0, 0.1) is 6.92 Å². The molecule has 0 aliphatic heterocycles. The Morgan fingerprint density at radius 2 is 2.00 bits per heavy atom. The van der Waals surface area contributed by atoms with Crippen LogP contribution in [0.4, 0.5) is 0 Å². The molecule has 9 heavy (non-hydrogen) atoms. The number of hydrogen-bond donors (Lipinski definition) is 1. The molecule has 1 N–H and O–H groups in total. The minimum atomic E-state index is -3.86. The van der Waals surface area contributed by atoms with Gasteiger partial charge in [-0.25, -0.2) is 8.42 Å². The Labute approximate surface area is 77.9 Å². The Balaban J connectivity index is 0. The number of rotatable bonds is 2. The Kier molecular flexibility index (Phi) is 6.54. The van der Waals surface area contributed by atoms with E-state index in [1.165, 1.54) is 0 Å². The quantitative estimate of drug-likeness (QED) is 0.276. The van der Waals surface area contributed by atoms with Crippen LogP contribution in [0.2, 0.25) is 0 Å². The number of hydrogen-bond acceptors (Lipinski definition) is 2. The van der Waals surface area contributed by atoms with Crippen LogP contribution in [0.25, 0.3) is 0 Å². The molecule has 5 heteroatoms. The van der Waals surface area contributed by atoms with Crippen molar-refractivity contribution >= 4 is 10.1 Å². The summed E-state index contributed by atoms with van der Waals surface area (Å²) in [5.74, 6) is 0. The molecule has 0 aliphatic carbocycles. The van der Waals surface area contributed by atoms with Gasteiger partial charge in [0.25, 0.3) is 0 Å². The van der Waals surface area contributed by atoms with Crippen LogP contribution in [0.15, 0.2) is 0 Å². The van der Waals surface area contributed by atoms with Crippen LogP contribution < -0.4 is 29.6 Å². The molecule has 0 heterocycles. The first kappa shape index (κ1) is 12.6. The molecule has 1 atom stereocenters. The maximum Gasteiger partial charge on any atom is 1.00 e. The minimum absolute atomic E-state index is 0. The van der Waals surface area contributed by atoms with Gasteiger partial charge in [-0.3, -0.25) is 4.55 Å². The van der Waals surface area contributed by atoms with E-state index >= 15 is 0 Å². The molecule has 0 aromatic rings. The normalized spacial score (nSPS) is 14.1. The van der Waals surface area contributed by atoms with Crippen molar-refractivity contribution in [3.8, 4) is 0 Å². The van der Waals surface area contributed by atoms with Crippen molar-refractivity contribution in [2.45, 2.75) is 18.6 Å². The summed E-state index contributed by atoms with van der Waals surface area (Å²) in [5, 5.41) is -0.873. The molecule has 50 valence electrons. The monoisotopic (exact) mass is 160 g/mol. The summed E-state index contributed by atoms with van der Waals surface area (Å²) in [6.45, 7) is 4.83. The molecule has 0 fully saturated rings. The van der Waals surface area contributed by atoms with Gasteiger partial charge in [-0.1, -0.05) is 13.3 Å². The molecule has 0 aliphatic rings. The first-order valence-electron chi connectivity index (χ1n) is 2.28. The van der Waals surface area contributed by atoms with E-state index in [2.05, 4.69) is 6.92 Å². The van der Waals surface area contributed by atoms with E-state index in [4.69, 9.17) is 4.55 Å². The van der Waals surface area contributed by atoms with E-state index in [0.29, 0.717) is 6.42 Å². The molecule has 0 amide bonds. The zero-order valence-electron chi connectivity index (χ0n) is 5.66. The van der Waals surface area contributed by atoms with Gasteiger partial charge >= 0.3 is 29.6 Å². The van der Waals surface area contributed by atoms with Gasteiger partial charge in [0.15, 0.2) is 0 Å². The van der Waals surface area contributed by atoms with E-state index in [0.717, 1.165) is 0 Å². The van der Waals surface area contributed by atoms with Crippen LogP contribution in [-0.4, -0.2) is 18.2 Å². The molecule has 0 aromatic heterocycles. The third kappa shape index (κ3) is 5.36. The zero-order chi connectivity index (χ0) is 6.78. The van der Waals surface area contributed by atoms with E-state index in [9.17, 15) is 8.42 Å². The summed E-state index contributed by atoms with van der Waals surface area (Å²) in [4.78, 5) is 0. The van der Waals surface area contributed by atoms with Crippen LogP contribution in [-0.2, 0) is 10.1 Å². The first-order valence-corrected chi connectivity index (χ1v) is 3.78. The fourth-order valence-corrected chi connectivity index (χ4v) is 0.632. The van der Waals surface area contributed by atoms with Crippen LogP contribution in [0.5, 0.6) is 0 Å². The van der Waals surface area contributed by atoms with Crippen molar-refractivity contribution in [2.24, 2.45) is 0 Å². The average molecular weight is 160 g/mol. The maximum atomic E-state index is 10.1. The molecule has 3 nitrogen and oxygen atoms in total. The van der Waals surface area contributed by atoms with Crippen molar-refractivity contribution in [2.75, 3.05) is 0 Å². The molecule has 0 saturated carbocycles. The van der Waals surface area contributed by atoms with Gasteiger partial charge in [0, 0.05) is 0 Å². The van der Waals surface area contributed by atoms with Gasteiger partial charge in [0.05, 0.1) is 0 Å². The van der Waals surface area contributed by atoms with Gasteiger partial charge in [-0.15, -0.1) is 0 Å². The SMILES string of the molecule is [CH2-]C(CC)S(=O)(=O)O.[Na+]. The van der Waals surface area contributed by atoms with Crippen molar-refractivity contribution < 1.29 is 42.5 Å². The Morgan fingerprint density at radius 1 is 1.67 bits per heavy atom. The average Bonchev–Trinajstić information content (AvgIpc) is 1.62. The third-order valence-electron chi connectivity index (χ3n) is 0.877. The summed E-state index contributed by atoms with van der Waals surface area (Å²) < 4.78 is 28.3. The summed E-state index contributed by atoms with van der Waals surface area (Å²) in [7, 11) is -3.86. The molecule has 0 spiro atoms. The fourth-order valence-electron chi connectivity index (χ4n) is 0.211. The Bertz CT molecular complexity index is 151. The topological polar surface area (TPSA) is 54.4 Å². The molecule has 1 unspecified atom stereocenters. The summed E-state index contributed by atoms with van der Waals surface area (Å²) in [6, 6.07) is 0. The molecular weight excluding hydrogens is 151 g/mol. The van der Waals surface area contributed by atoms with Gasteiger partial charge in [-0.2, -0.15) is 0 Å². The van der Waals surface area contributed by atoms with Crippen LogP contribution >= 0.6 is 0 Å². The van der Waals surface area contributed by atoms with E-state index in [-0.39, 0.29) is 29.6 Å². The molecule has 0 bridgehead atoms. The van der Waals surface area contributed by atoms with Gasteiger partial charge in [-0.05, 0) is 5.25 Å². The second kappa shape index (κ2) is 4.68. The minimum Gasteiger partial charge on any atom is -0.323 e. The van der Waals surface area contributed by atoms with Crippen molar-refractivity contribution in [3.63, 3.8) is 0 Å². The molecule has 0 radical (unpaired) electrons.